The number of nitrogens with one attached hydrogen (secondary N) is 1. The van der Waals surface area contributed by atoms with Crippen LogP contribution in [0.25, 0.3) is 0 Å². The second-order valence-electron chi connectivity index (χ2n) is 4.11. The maximum Gasteiger partial charge on any atom is 0.146 e. The summed E-state index contributed by atoms with van der Waals surface area (Å²) in [6, 6.07) is 3.21. The number of methoxy groups -OCH3 is 1. The lowest BCUT2D eigenvalue weighted by atomic mass is 10.1. The summed E-state index contributed by atoms with van der Waals surface area (Å²) < 4.78 is 18.9. The van der Waals surface area contributed by atoms with E-state index >= 15 is 0 Å². The molecule has 0 unspecified atom stereocenters. The van der Waals surface area contributed by atoms with Gasteiger partial charge in [0.1, 0.15) is 11.6 Å². The van der Waals surface area contributed by atoms with Crippen molar-refractivity contribution in [1.29, 1.82) is 0 Å². The Morgan fingerprint density at radius 2 is 2.12 bits per heavy atom. The van der Waals surface area contributed by atoms with Crippen molar-refractivity contribution in [2.75, 3.05) is 33.3 Å². The van der Waals surface area contributed by atoms with Gasteiger partial charge in [-0.1, -0.05) is 11.6 Å². The van der Waals surface area contributed by atoms with E-state index in [0.29, 0.717) is 17.9 Å². The number of rotatable bonds is 3. The highest BCUT2D eigenvalue weighted by Gasteiger charge is 2.15. The molecular formula is C12H16ClFN2O. The van der Waals surface area contributed by atoms with Crippen LogP contribution in [0.5, 0.6) is 5.75 Å². The van der Waals surface area contributed by atoms with E-state index in [1.807, 2.05) is 0 Å². The lowest BCUT2D eigenvalue weighted by molar-refractivity contribution is 0.230. The average molecular weight is 259 g/mol. The van der Waals surface area contributed by atoms with E-state index in [1.165, 1.54) is 6.07 Å². The summed E-state index contributed by atoms with van der Waals surface area (Å²) in [4.78, 5) is 2.20. The predicted molar refractivity (Wildman–Crippen MR) is 66.1 cm³/mol. The third kappa shape index (κ3) is 3.09. The summed E-state index contributed by atoms with van der Waals surface area (Å²) in [5.41, 5.74) is 0.594. The van der Waals surface area contributed by atoms with E-state index in [1.54, 1.807) is 13.2 Å². The molecule has 0 saturated carbocycles. The first-order valence-electron chi connectivity index (χ1n) is 5.65. The van der Waals surface area contributed by atoms with Crippen molar-refractivity contribution in [3.63, 3.8) is 0 Å². The van der Waals surface area contributed by atoms with Crippen LogP contribution in [0.4, 0.5) is 4.39 Å². The van der Waals surface area contributed by atoms with Gasteiger partial charge in [0.2, 0.25) is 0 Å². The molecule has 1 fully saturated rings. The Bertz CT molecular complexity index is 394. The van der Waals surface area contributed by atoms with Crippen LogP contribution in [0, 0.1) is 5.82 Å². The Balaban J connectivity index is 2.15. The van der Waals surface area contributed by atoms with Crippen molar-refractivity contribution in [1.82, 2.24) is 10.2 Å². The number of ether oxygens (including phenoxy) is 1. The van der Waals surface area contributed by atoms with E-state index in [-0.39, 0.29) is 10.8 Å². The van der Waals surface area contributed by atoms with Gasteiger partial charge in [0.15, 0.2) is 0 Å². The highest BCUT2D eigenvalue weighted by atomic mass is 35.5. The van der Waals surface area contributed by atoms with E-state index in [9.17, 15) is 4.39 Å². The summed E-state index contributed by atoms with van der Waals surface area (Å²) in [6.07, 6.45) is 0. The van der Waals surface area contributed by atoms with Gasteiger partial charge in [-0.2, -0.15) is 0 Å². The molecule has 1 aromatic rings. The van der Waals surface area contributed by atoms with Crippen LogP contribution in [-0.4, -0.2) is 38.2 Å². The molecule has 17 heavy (non-hydrogen) atoms. The van der Waals surface area contributed by atoms with Crippen molar-refractivity contribution < 1.29 is 9.13 Å². The summed E-state index contributed by atoms with van der Waals surface area (Å²) in [7, 11) is 1.55. The summed E-state index contributed by atoms with van der Waals surface area (Å²) in [5, 5.41) is 3.38. The van der Waals surface area contributed by atoms with Gasteiger partial charge in [0.25, 0.3) is 0 Å². The third-order valence-electron chi connectivity index (χ3n) is 2.92. The number of piperazine rings is 1. The molecule has 0 aliphatic carbocycles. The van der Waals surface area contributed by atoms with Crippen molar-refractivity contribution in [3.05, 3.63) is 28.5 Å². The van der Waals surface area contributed by atoms with Crippen LogP contribution in [0.3, 0.4) is 0 Å². The van der Waals surface area contributed by atoms with Crippen molar-refractivity contribution in [2.45, 2.75) is 6.54 Å². The van der Waals surface area contributed by atoms with Gasteiger partial charge in [-0.15, -0.1) is 0 Å². The molecule has 1 N–H and O–H groups in total. The second kappa shape index (κ2) is 5.67. The Kier molecular flexibility index (Phi) is 4.20. The number of hydrogen-bond acceptors (Lipinski definition) is 3. The van der Waals surface area contributed by atoms with Crippen LogP contribution in [-0.2, 0) is 6.54 Å². The van der Waals surface area contributed by atoms with Crippen LogP contribution in [0.2, 0.25) is 5.02 Å². The molecule has 1 saturated heterocycles. The zero-order valence-electron chi connectivity index (χ0n) is 9.80. The fraction of sp³-hybridized carbons (Fsp3) is 0.500. The topological polar surface area (TPSA) is 24.5 Å². The maximum absolute atomic E-state index is 13.8. The van der Waals surface area contributed by atoms with Crippen LogP contribution < -0.4 is 10.1 Å². The van der Waals surface area contributed by atoms with E-state index < -0.39 is 0 Å². The van der Waals surface area contributed by atoms with Crippen LogP contribution >= 0.6 is 11.6 Å². The molecule has 1 aromatic carbocycles. The molecule has 1 aliphatic rings. The Morgan fingerprint density at radius 3 is 2.76 bits per heavy atom. The predicted octanol–water partition coefficient (Wildman–Crippen LogP) is 1.89. The highest BCUT2D eigenvalue weighted by Crippen LogP contribution is 2.26. The van der Waals surface area contributed by atoms with Crippen molar-refractivity contribution in [3.8, 4) is 5.75 Å². The van der Waals surface area contributed by atoms with Gasteiger partial charge in [0, 0.05) is 44.4 Å². The van der Waals surface area contributed by atoms with Crippen molar-refractivity contribution in [2.24, 2.45) is 0 Å². The van der Waals surface area contributed by atoms with E-state index in [4.69, 9.17) is 16.3 Å². The molecule has 94 valence electrons. The first-order valence-corrected chi connectivity index (χ1v) is 6.03. The lowest BCUT2D eigenvalue weighted by Crippen LogP contribution is -2.43. The Hall–Kier alpha value is -0.840. The molecule has 0 amide bonds. The van der Waals surface area contributed by atoms with Gasteiger partial charge in [0.05, 0.1) is 12.1 Å². The fourth-order valence-corrected chi connectivity index (χ4v) is 2.19. The average Bonchev–Trinajstić information content (AvgIpc) is 2.36. The minimum Gasteiger partial charge on any atom is -0.497 e. The van der Waals surface area contributed by atoms with E-state index in [2.05, 4.69) is 10.2 Å². The second-order valence-corrected chi connectivity index (χ2v) is 4.52. The van der Waals surface area contributed by atoms with Gasteiger partial charge in [-0.05, 0) is 6.07 Å². The summed E-state index contributed by atoms with van der Waals surface area (Å²) >= 11 is 5.83. The smallest absolute Gasteiger partial charge is 0.146 e. The monoisotopic (exact) mass is 258 g/mol. The minimum absolute atomic E-state index is 0.120. The van der Waals surface area contributed by atoms with Gasteiger partial charge in [-0.3, -0.25) is 4.90 Å². The summed E-state index contributed by atoms with van der Waals surface area (Å²) in [6.45, 7) is 4.31. The van der Waals surface area contributed by atoms with Gasteiger partial charge < -0.3 is 10.1 Å². The largest absolute Gasteiger partial charge is 0.497 e. The quantitative estimate of drug-likeness (QED) is 0.896. The molecule has 0 spiro atoms. The van der Waals surface area contributed by atoms with Gasteiger partial charge >= 0.3 is 0 Å². The Labute approximate surface area is 106 Å². The Morgan fingerprint density at radius 1 is 1.41 bits per heavy atom. The first-order chi connectivity index (χ1) is 8.20. The SMILES string of the molecule is COc1cc(Cl)c(F)c(CN2CCNCC2)c1. The van der Waals surface area contributed by atoms with Gasteiger partial charge in [-0.25, -0.2) is 4.39 Å². The summed E-state index contributed by atoms with van der Waals surface area (Å²) in [5.74, 6) is 0.257. The first kappa shape index (κ1) is 12.6. The molecule has 0 atom stereocenters. The number of hydrogen-bond donors (Lipinski definition) is 1. The molecule has 1 heterocycles. The number of nitrogens with zero attached hydrogens (tertiary/aromatic N) is 1. The minimum atomic E-state index is -0.342. The highest BCUT2D eigenvalue weighted by molar-refractivity contribution is 6.30. The van der Waals surface area contributed by atoms with Crippen LogP contribution in [0.15, 0.2) is 12.1 Å². The standard InChI is InChI=1S/C12H16ClFN2O/c1-17-10-6-9(12(14)11(13)7-10)8-16-4-2-15-3-5-16/h6-7,15H,2-5,8H2,1H3. The third-order valence-corrected chi connectivity index (χ3v) is 3.19. The molecule has 0 aromatic heterocycles. The number of benzene rings is 1. The lowest BCUT2D eigenvalue weighted by Gasteiger charge is -2.27. The molecule has 0 radical (unpaired) electrons. The molecule has 0 bridgehead atoms. The molecule has 1 aliphatic heterocycles. The maximum atomic E-state index is 13.8. The fourth-order valence-electron chi connectivity index (χ4n) is 1.96. The normalized spacial score (nSPS) is 17.1. The molecule has 2 rings (SSSR count). The zero-order valence-corrected chi connectivity index (χ0v) is 10.6. The van der Waals surface area contributed by atoms with Crippen molar-refractivity contribution >= 4 is 11.6 Å². The molecule has 5 heteroatoms. The zero-order chi connectivity index (χ0) is 12.3. The van der Waals surface area contributed by atoms with Crippen LogP contribution in [0.1, 0.15) is 5.56 Å². The van der Waals surface area contributed by atoms with E-state index in [0.717, 1.165) is 26.2 Å². The number of halogens is 2. The molecular weight excluding hydrogens is 243 g/mol. The molecule has 3 nitrogen and oxygen atoms in total.